The van der Waals surface area contributed by atoms with Crippen molar-refractivity contribution in [1.29, 1.82) is 0 Å². The monoisotopic (exact) mass is 306 g/mol. The molecule has 1 aliphatic heterocycles. The molecule has 1 atom stereocenters. The number of carbonyl (C=O) groups excluding carboxylic acids is 1. The van der Waals surface area contributed by atoms with Crippen LogP contribution in [0.15, 0.2) is 12.4 Å². The summed E-state index contributed by atoms with van der Waals surface area (Å²) in [6.45, 7) is 8.19. The fourth-order valence-corrected chi connectivity index (χ4v) is 3.47. The van der Waals surface area contributed by atoms with E-state index in [1.54, 1.807) is 0 Å². The van der Waals surface area contributed by atoms with Gasteiger partial charge in [0.2, 0.25) is 5.91 Å². The number of amides is 1. The van der Waals surface area contributed by atoms with Crippen LogP contribution in [0.1, 0.15) is 38.7 Å². The first-order valence-corrected chi connectivity index (χ1v) is 8.40. The van der Waals surface area contributed by atoms with Crippen molar-refractivity contribution < 1.29 is 4.79 Å². The van der Waals surface area contributed by atoms with E-state index in [0.717, 1.165) is 51.9 Å². The van der Waals surface area contributed by atoms with Crippen molar-refractivity contribution in [3.05, 3.63) is 18.0 Å². The van der Waals surface area contributed by atoms with Gasteiger partial charge < -0.3 is 9.80 Å². The molecule has 1 aromatic heterocycles. The van der Waals surface area contributed by atoms with Crippen LogP contribution in [0.2, 0.25) is 0 Å². The first kappa shape index (κ1) is 17.0. The molecule has 1 aromatic rings. The number of hydrogen-bond acceptors (Lipinski definition) is 3. The highest BCUT2D eigenvalue weighted by atomic mass is 16.2. The van der Waals surface area contributed by atoms with Crippen LogP contribution in [0.5, 0.6) is 0 Å². The predicted octanol–water partition coefficient (Wildman–Crippen LogP) is 1.93. The third-order valence-corrected chi connectivity index (χ3v) is 4.80. The van der Waals surface area contributed by atoms with E-state index in [0.29, 0.717) is 5.91 Å². The molecule has 22 heavy (non-hydrogen) atoms. The average Bonchev–Trinajstić information content (AvgIpc) is 2.91. The Labute approximate surface area is 134 Å². The van der Waals surface area contributed by atoms with Crippen LogP contribution in [-0.2, 0) is 18.3 Å². The fourth-order valence-electron chi connectivity index (χ4n) is 3.47. The molecule has 2 rings (SSSR count). The van der Waals surface area contributed by atoms with E-state index in [2.05, 4.69) is 23.8 Å². The third kappa shape index (κ3) is 4.09. The van der Waals surface area contributed by atoms with Crippen molar-refractivity contribution in [3.8, 4) is 0 Å². The first-order valence-electron chi connectivity index (χ1n) is 8.40. The minimum atomic E-state index is -0.211. The number of nitrogens with zero attached hydrogens (tertiary/aromatic N) is 4. The molecule has 1 saturated heterocycles. The molecule has 5 heteroatoms. The van der Waals surface area contributed by atoms with Crippen LogP contribution >= 0.6 is 0 Å². The zero-order chi connectivity index (χ0) is 16.2. The Morgan fingerprint density at radius 3 is 2.91 bits per heavy atom. The second-order valence-corrected chi connectivity index (χ2v) is 6.89. The van der Waals surface area contributed by atoms with E-state index < -0.39 is 0 Å². The summed E-state index contributed by atoms with van der Waals surface area (Å²) in [6.07, 6.45) is 8.05. The Bertz CT molecular complexity index is 499. The van der Waals surface area contributed by atoms with Crippen molar-refractivity contribution >= 4 is 5.91 Å². The van der Waals surface area contributed by atoms with Crippen molar-refractivity contribution in [2.45, 2.75) is 39.5 Å². The zero-order valence-corrected chi connectivity index (χ0v) is 14.5. The molecule has 0 aromatic carbocycles. The fraction of sp³-hybridized carbons (Fsp3) is 0.765. The molecule has 124 valence electrons. The molecule has 5 nitrogen and oxygen atoms in total. The molecular formula is C17H30N4O. The number of piperidine rings is 1. The second-order valence-electron chi connectivity index (χ2n) is 6.89. The summed E-state index contributed by atoms with van der Waals surface area (Å²) >= 11 is 0. The van der Waals surface area contributed by atoms with Crippen LogP contribution in [0.25, 0.3) is 0 Å². The summed E-state index contributed by atoms with van der Waals surface area (Å²) in [4.78, 5) is 17.1. The highest BCUT2D eigenvalue weighted by Gasteiger charge is 2.38. The highest BCUT2D eigenvalue weighted by molar-refractivity contribution is 5.82. The topological polar surface area (TPSA) is 41.4 Å². The molecule has 0 bridgehead atoms. The van der Waals surface area contributed by atoms with Gasteiger partial charge in [-0.15, -0.1) is 0 Å². The number of carbonyl (C=O) groups is 1. The molecule has 1 amide bonds. The standard InChI is InChI=1S/C17H30N4O/c1-5-21-11-7-9-17(2,14-21)16(22)19(3)10-6-8-15-12-18-20(4)13-15/h12-13H,5-11,14H2,1-4H3/t17-/m0/s1. The maximum atomic E-state index is 12.8. The van der Waals surface area contributed by atoms with Gasteiger partial charge in [-0.3, -0.25) is 9.48 Å². The lowest BCUT2D eigenvalue weighted by atomic mass is 9.80. The van der Waals surface area contributed by atoms with Crippen molar-refractivity contribution in [1.82, 2.24) is 19.6 Å². The van der Waals surface area contributed by atoms with Gasteiger partial charge in [-0.1, -0.05) is 6.92 Å². The molecule has 0 saturated carbocycles. The number of rotatable bonds is 6. The van der Waals surface area contributed by atoms with Crippen LogP contribution in [0.4, 0.5) is 0 Å². The maximum Gasteiger partial charge on any atom is 0.229 e. The maximum absolute atomic E-state index is 12.8. The van der Waals surface area contributed by atoms with Gasteiger partial charge in [0.15, 0.2) is 0 Å². The quantitative estimate of drug-likeness (QED) is 0.806. The Hall–Kier alpha value is -1.36. The van der Waals surface area contributed by atoms with Crippen molar-refractivity contribution in [3.63, 3.8) is 0 Å². The summed E-state index contributed by atoms with van der Waals surface area (Å²) in [5.74, 6) is 0.303. The number of aryl methyl sites for hydroxylation is 2. The van der Waals surface area contributed by atoms with Gasteiger partial charge >= 0.3 is 0 Å². The Morgan fingerprint density at radius 2 is 2.27 bits per heavy atom. The molecule has 1 aliphatic rings. The normalized spacial score (nSPS) is 22.7. The van der Waals surface area contributed by atoms with Gasteiger partial charge in [0.25, 0.3) is 0 Å². The smallest absolute Gasteiger partial charge is 0.229 e. The predicted molar refractivity (Wildman–Crippen MR) is 88.6 cm³/mol. The van der Waals surface area contributed by atoms with Crippen molar-refractivity contribution in [2.75, 3.05) is 33.2 Å². The van der Waals surface area contributed by atoms with E-state index in [4.69, 9.17) is 0 Å². The Kier molecular flexibility index (Phi) is 5.62. The van der Waals surface area contributed by atoms with Crippen molar-refractivity contribution in [2.24, 2.45) is 12.5 Å². The summed E-state index contributed by atoms with van der Waals surface area (Å²) in [6, 6.07) is 0. The molecule has 1 fully saturated rings. The molecule has 0 radical (unpaired) electrons. The van der Waals surface area contributed by atoms with E-state index in [1.165, 1.54) is 5.56 Å². The summed E-state index contributed by atoms with van der Waals surface area (Å²) in [5, 5.41) is 4.18. The minimum absolute atomic E-state index is 0.211. The summed E-state index contributed by atoms with van der Waals surface area (Å²) in [5.41, 5.74) is 1.03. The van der Waals surface area contributed by atoms with Gasteiger partial charge in [0, 0.05) is 33.4 Å². The van der Waals surface area contributed by atoms with E-state index >= 15 is 0 Å². The number of hydrogen-bond donors (Lipinski definition) is 0. The molecular weight excluding hydrogens is 276 g/mol. The SMILES string of the molecule is CCN1CCC[C@](C)(C(=O)N(C)CCCc2cnn(C)c2)C1. The van der Waals surface area contributed by atoms with E-state index in [1.807, 2.05) is 36.1 Å². The average molecular weight is 306 g/mol. The third-order valence-electron chi connectivity index (χ3n) is 4.80. The second kappa shape index (κ2) is 7.27. The number of aromatic nitrogens is 2. The van der Waals surface area contributed by atoms with Crippen LogP contribution < -0.4 is 0 Å². The van der Waals surface area contributed by atoms with E-state index in [-0.39, 0.29) is 5.41 Å². The minimum Gasteiger partial charge on any atom is -0.345 e. The summed E-state index contributed by atoms with van der Waals surface area (Å²) in [7, 11) is 3.88. The van der Waals surface area contributed by atoms with Gasteiger partial charge in [-0.25, -0.2) is 0 Å². The lowest BCUT2D eigenvalue weighted by Crippen LogP contribution is -2.50. The van der Waals surface area contributed by atoms with Gasteiger partial charge in [-0.2, -0.15) is 5.10 Å². The zero-order valence-electron chi connectivity index (χ0n) is 14.5. The molecule has 2 heterocycles. The molecule has 0 N–H and O–H groups in total. The van der Waals surface area contributed by atoms with Crippen LogP contribution in [0, 0.1) is 5.41 Å². The number of likely N-dealkylation sites (tertiary alicyclic amines) is 1. The Morgan fingerprint density at radius 1 is 1.50 bits per heavy atom. The van der Waals surface area contributed by atoms with Gasteiger partial charge in [-0.05, 0) is 51.3 Å². The molecule has 0 unspecified atom stereocenters. The first-order chi connectivity index (χ1) is 10.4. The summed E-state index contributed by atoms with van der Waals surface area (Å²) < 4.78 is 1.83. The largest absolute Gasteiger partial charge is 0.345 e. The molecule has 0 aliphatic carbocycles. The Balaban J connectivity index is 1.83. The lowest BCUT2D eigenvalue weighted by Gasteiger charge is -2.41. The van der Waals surface area contributed by atoms with Gasteiger partial charge in [0.05, 0.1) is 11.6 Å². The van der Waals surface area contributed by atoms with Gasteiger partial charge in [0.1, 0.15) is 0 Å². The van der Waals surface area contributed by atoms with Crippen LogP contribution in [0.3, 0.4) is 0 Å². The van der Waals surface area contributed by atoms with E-state index in [9.17, 15) is 4.79 Å². The van der Waals surface area contributed by atoms with Crippen LogP contribution in [-0.4, -0.2) is 58.7 Å². The molecule has 0 spiro atoms. The lowest BCUT2D eigenvalue weighted by molar-refractivity contribution is -0.143. The highest BCUT2D eigenvalue weighted by Crippen LogP contribution is 2.31.